The lowest BCUT2D eigenvalue weighted by Gasteiger charge is -2.34. The molecule has 74 valence electrons. The lowest BCUT2D eigenvalue weighted by atomic mass is 10.1. The number of cyclic esters (lactones) is 1. The molecule has 0 aliphatic carbocycles. The maximum absolute atomic E-state index is 11.2. The highest BCUT2D eigenvalue weighted by atomic mass is 35.5. The fourth-order valence-electron chi connectivity index (χ4n) is 1.17. The number of carbonyl (C=O) groups excluding carboxylic acids is 1. The highest BCUT2D eigenvalue weighted by Gasteiger charge is 2.45. The molecule has 1 aromatic rings. The molecule has 0 radical (unpaired) electrons. The molecule has 1 aromatic carbocycles. The standard InChI is InChI=1S/C10H9ClO2S/c1-10(6-13-9(10)12)14-8-4-2-7(11)3-5-8/h2-5H,6H2,1H3. The zero-order chi connectivity index (χ0) is 10.2. The molecule has 0 N–H and O–H groups in total. The number of hydrogen-bond acceptors (Lipinski definition) is 3. The minimum Gasteiger partial charge on any atom is -0.462 e. The van der Waals surface area contributed by atoms with Crippen molar-refractivity contribution in [2.45, 2.75) is 16.6 Å². The third-order valence-corrected chi connectivity index (χ3v) is 3.56. The second-order valence-corrected chi connectivity index (χ2v) is 5.38. The Balaban J connectivity index is 2.11. The molecule has 1 fully saturated rings. The van der Waals surface area contributed by atoms with E-state index in [0.29, 0.717) is 11.6 Å². The van der Waals surface area contributed by atoms with Gasteiger partial charge in [0, 0.05) is 9.92 Å². The van der Waals surface area contributed by atoms with Crippen molar-refractivity contribution < 1.29 is 9.53 Å². The number of thioether (sulfide) groups is 1. The maximum atomic E-state index is 11.2. The summed E-state index contributed by atoms with van der Waals surface area (Å²) in [5.74, 6) is -0.141. The van der Waals surface area contributed by atoms with Crippen LogP contribution in [-0.4, -0.2) is 17.3 Å². The van der Waals surface area contributed by atoms with Gasteiger partial charge in [0.1, 0.15) is 11.4 Å². The third-order valence-electron chi connectivity index (χ3n) is 2.07. The molecule has 0 aromatic heterocycles. The van der Waals surface area contributed by atoms with Crippen LogP contribution in [0, 0.1) is 0 Å². The highest BCUT2D eigenvalue weighted by Crippen LogP contribution is 2.39. The van der Waals surface area contributed by atoms with E-state index in [4.69, 9.17) is 16.3 Å². The summed E-state index contributed by atoms with van der Waals surface area (Å²) in [5, 5.41) is 0.704. The van der Waals surface area contributed by atoms with E-state index in [-0.39, 0.29) is 5.97 Å². The smallest absolute Gasteiger partial charge is 0.325 e. The Morgan fingerprint density at radius 1 is 1.43 bits per heavy atom. The van der Waals surface area contributed by atoms with Crippen LogP contribution < -0.4 is 0 Å². The van der Waals surface area contributed by atoms with Gasteiger partial charge in [-0.05, 0) is 31.2 Å². The Labute approximate surface area is 91.6 Å². The SMILES string of the molecule is CC1(Sc2ccc(Cl)cc2)COC1=O. The van der Waals surface area contributed by atoms with Crippen molar-refractivity contribution in [3.63, 3.8) is 0 Å². The molecule has 4 heteroatoms. The monoisotopic (exact) mass is 228 g/mol. The molecule has 1 aliphatic rings. The zero-order valence-corrected chi connectivity index (χ0v) is 9.19. The molecule has 1 unspecified atom stereocenters. The molecule has 0 bridgehead atoms. The number of esters is 1. The summed E-state index contributed by atoms with van der Waals surface area (Å²) in [6.45, 7) is 2.37. The van der Waals surface area contributed by atoms with Crippen molar-refractivity contribution in [2.24, 2.45) is 0 Å². The van der Waals surface area contributed by atoms with Crippen molar-refractivity contribution >= 4 is 29.3 Å². The predicted octanol–water partition coefficient (Wildman–Crippen LogP) is 2.75. The Hall–Kier alpha value is -0.670. The summed E-state index contributed by atoms with van der Waals surface area (Å²) >= 11 is 7.27. The van der Waals surface area contributed by atoms with Crippen molar-refractivity contribution in [3.8, 4) is 0 Å². The third kappa shape index (κ3) is 1.74. The largest absolute Gasteiger partial charge is 0.462 e. The summed E-state index contributed by atoms with van der Waals surface area (Å²) in [7, 11) is 0. The number of benzene rings is 1. The van der Waals surface area contributed by atoms with Crippen LogP contribution in [0.15, 0.2) is 29.2 Å². The summed E-state index contributed by atoms with van der Waals surface area (Å²) in [6.07, 6.45) is 0. The van der Waals surface area contributed by atoms with E-state index in [2.05, 4.69) is 0 Å². The fraction of sp³-hybridized carbons (Fsp3) is 0.300. The topological polar surface area (TPSA) is 26.3 Å². The first-order chi connectivity index (χ1) is 6.60. The second kappa shape index (κ2) is 3.48. The highest BCUT2D eigenvalue weighted by molar-refractivity contribution is 8.01. The average Bonchev–Trinajstić information content (AvgIpc) is 2.19. The van der Waals surface area contributed by atoms with Gasteiger partial charge >= 0.3 is 5.97 Å². The van der Waals surface area contributed by atoms with Gasteiger partial charge < -0.3 is 4.74 Å². The van der Waals surface area contributed by atoms with Crippen molar-refractivity contribution in [1.82, 2.24) is 0 Å². The quantitative estimate of drug-likeness (QED) is 0.729. The van der Waals surface area contributed by atoms with Crippen LogP contribution in [0.4, 0.5) is 0 Å². The normalized spacial score (nSPS) is 25.4. The van der Waals surface area contributed by atoms with E-state index < -0.39 is 4.75 Å². The van der Waals surface area contributed by atoms with Gasteiger partial charge in [0.05, 0.1) is 0 Å². The second-order valence-electron chi connectivity index (χ2n) is 3.36. The number of halogens is 1. The fourth-order valence-corrected chi connectivity index (χ4v) is 2.35. The first-order valence-electron chi connectivity index (χ1n) is 4.22. The van der Waals surface area contributed by atoms with Crippen LogP contribution in [0.25, 0.3) is 0 Å². The predicted molar refractivity (Wildman–Crippen MR) is 56.7 cm³/mol. The molecule has 1 heterocycles. The summed E-state index contributed by atoms with van der Waals surface area (Å²) < 4.78 is 4.35. The van der Waals surface area contributed by atoms with Gasteiger partial charge in [-0.2, -0.15) is 0 Å². The van der Waals surface area contributed by atoms with E-state index in [1.165, 1.54) is 11.8 Å². The van der Waals surface area contributed by atoms with E-state index in [1.54, 1.807) is 0 Å². The van der Waals surface area contributed by atoms with E-state index in [1.807, 2.05) is 31.2 Å². The Morgan fingerprint density at radius 2 is 2.07 bits per heavy atom. The van der Waals surface area contributed by atoms with Gasteiger partial charge in [0.15, 0.2) is 0 Å². The molecular formula is C10H9ClO2S. The van der Waals surface area contributed by atoms with Gasteiger partial charge in [-0.1, -0.05) is 11.6 Å². The summed E-state index contributed by atoms with van der Waals surface area (Å²) in [4.78, 5) is 12.2. The molecule has 1 saturated heterocycles. The molecule has 1 atom stereocenters. The van der Waals surface area contributed by atoms with E-state index >= 15 is 0 Å². The van der Waals surface area contributed by atoms with Crippen LogP contribution >= 0.6 is 23.4 Å². The summed E-state index contributed by atoms with van der Waals surface area (Å²) in [6, 6.07) is 7.45. The van der Waals surface area contributed by atoms with Crippen molar-refractivity contribution in [3.05, 3.63) is 29.3 Å². The maximum Gasteiger partial charge on any atom is 0.325 e. The zero-order valence-electron chi connectivity index (χ0n) is 7.62. The molecule has 2 nitrogen and oxygen atoms in total. The number of carbonyl (C=O) groups is 1. The molecule has 1 aliphatic heterocycles. The first-order valence-corrected chi connectivity index (χ1v) is 5.41. The Bertz CT molecular complexity index is 363. The molecule has 0 amide bonds. The molecular weight excluding hydrogens is 220 g/mol. The first kappa shape index (κ1) is 9.87. The molecule has 0 spiro atoms. The van der Waals surface area contributed by atoms with Crippen LogP contribution in [-0.2, 0) is 9.53 Å². The lowest BCUT2D eigenvalue weighted by Crippen LogP contribution is -2.49. The number of rotatable bonds is 2. The van der Waals surface area contributed by atoms with Crippen LogP contribution in [0.1, 0.15) is 6.92 Å². The lowest BCUT2D eigenvalue weighted by molar-refractivity contribution is -0.162. The van der Waals surface area contributed by atoms with Crippen molar-refractivity contribution in [2.75, 3.05) is 6.61 Å². The summed E-state index contributed by atoms with van der Waals surface area (Å²) in [5.41, 5.74) is 0. The minimum atomic E-state index is -0.409. The van der Waals surface area contributed by atoms with Gasteiger partial charge in [-0.25, -0.2) is 0 Å². The van der Waals surface area contributed by atoms with Gasteiger partial charge in [0.2, 0.25) is 0 Å². The van der Waals surface area contributed by atoms with Crippen LogP contribution in [0.3, 0.4) is 0 Å². The van der Waals surface area contributed by atoms with E-state index in [0.717, 1.165) is 4.90 Å². The Kier molecular flexibility index (Phi) is 2.45. The Morgan fingerprint density at radius 3 is 2.50 bits per heavy atom. The van der Waals surface area contributed by atoms with Crippen molar-refractivity contribution in [1.29, 1.82) is 0 Å². The van der Waals surface area contributed by atoms with Crippen LogP contribution in [0.2, 0.25) is 5.02 Å². The van der Waals surface area contributed by atoms with E-state index in [9.17, 15) is 4.79 Å². The minimum absolute atomic E-state index is 0.141. The average molecular weight is 229 g/mol. The molecule has 14 heavy (non-hydrogen) atoms. The molecule has 0 saturated carbocycles. The molecule has 2 rings (SSSR count). The van der Waals surface area contributed by atoms with Gasteiger partial charge in [-0.15, -0.1) is 11.8 Å². The van der Waals surface area contributed by atoms with Crippen LogP contribution in [0.5, 0.6) is 0 Å². The van der Waals surface area contributed by atoms with Gasteiger partial charge in [-0.3, -0.25) is 4.79 Å². The number of hydrogen-bond donors (Lipinski definition) is 0. The van der Waals surface area contributed by atoms with Gasteiger partial charge in [0.25, 0.3) is 0 Å². The number of ether oxygens (including phenoxy) is 1.